The van der Waals surface area contributed by atoms with Crippen molar-refractivity contribution < 1.29 is 9.59 Å². The highest BCUT2D eigenvalue weighted by Gasteiger charge is 2.36. The van der Waals surface area contributed by atoms with Crippen LogP contribution in [0, 0.1) is 0 Å². The van der Waals surface area contributed by atoms with E-state index in [4.69, 9.17) is 5.73 Å². The first-order valence-corrected chi connectivity index (χ1v) is 5.74. The third-order valence-corrected chi connectivity index (χ3v) is 3.20. The van der Waals surface area contributed by atoms with Gasteiger partial charge in [-0.05, 0) is 12.8 Å². The molecule has 0 saturated carbocycles. The molecule has 0 aromatic heterocycles. The molecule has 90 valence electrons. The monoisotopic (exact) mass is 226 g/mol. The second kappa shape index (κ2) is 4.80. The Morgan fingerprint density at radius 1 is 1.31 bits per heavy atom. The molecule has 2 rings (SSSR count). The fourth-order valence-electron chi connectivity index (χ4n) is 2.35. The average Bonchev–Trinajstić information content (AvgIpc) is 2.78. The molecule has 0 radical (unpaired) electrons. The number of nitrogens with zero attached hydrogens (tertiary/aromatic N) is 1. The smallest absolute Gasteiger partial charge is 0.241 e. The molecule has 2 aliphatic rings. The van der Waals surface area contributed by atoms with Gasteiger partial charge in [-0.3, -0.25) is 9.59 Å². The fraction of sp³-hybridized carbons (Fsp3) is 0.800. The predicted molar refractivity (Wildman–Crippen MR) is 58.6 cm³/mol. The number of hydrogen-bond donors (Lipinski definition) is 3. The first kappa shape index (κ1) is 11.3. The summed E-state index contributed by atoms with van der Waals surface area (Å²) in [6, 6.07) is -0.620. The van der Waals surface area contributed by atoms with Crippen molar-refractivity contribution in [2.45, 2.75) is 24.9 Å². The Bertz CT molecular complexity index is 289. The van der Waals surface area contributed by atoms with E-state index in [-0.39, 0.29) is 11.9 Å². The molecule has 0 bridgehead atoms. The summed E-state index contributed by atoms with van der Waals surface area (Å²) in [7, 11) is 0. The van der Waals surface area contributed by atoms with E-state index in [1.807, 2.05) is 0 Å². The lowest BCUT2D eigenvalue weighted by Crippen LogP contribution is -2.58. The van der Waals surface area contributed by atoms with Gasteiger partial charge in [-0.2, -0.15) is 0 Å². The molecule has 4 N–H and O–H groups in total. The van der Waals surface area contributed by atoms with Crippen LogP contribution in [0.2, 0.25) is 0 Å². The van der Waals surface area contributed by atoms with Crippen molar-refractivity contribution in [2.24, 2.45) is 5.73 Å². The van der Waals surface area contributed by atoms with E-state index in [1.165, 1.54) is 0 Å². The van der Waals surface area contributed by atoms with Gasteiger partial charge < -0.3 is 21.3 Å². The molecule has 0 spiro atoms. The molecule has 0 aromatic rings. The molecule has 16 heavy (non-hydrogen) atoms. The van der Waals surface area contributed by atoms with Gasteiger partial charge in [-0.15, -0.1) is 0 Å². The summed E-state index contributed by atoms with van der Waals surface area (Å²) in [5.41, 5.74) is 5.29. The Balaban J connectivity index is 1.99. The van der Waals surface area contributed by atoms with Crippen LogP contribution in [0.1, 0.15) is 12.8 Å². The SMILES string of the molecule is NC(=O)C1CCCN1C(=O)C1CNCCN1. The van der Waals surface area contributed by atoms with Crippen LogP contribution in [0.3, 0.4) is 0 Å². The molecular weight excluding hydrogens is 208 g/mol. The third kappa shape index (κ3) is 2.17. The number of rotatable bonds is 2. The zero-order valence-corrected chi connectivity index (χ0v) is 9.24. The summed E-state index contributed by atoms with van der Waals surface area (Å²) in [5.74, 6) is -0.400. The maximum Gasteiger partial charge on any atom is 0.241 e. The Labute approximate surface area is 94.5 Å². The van der Waals surface area contributed by atoms with Crippen molar-refractivity contribution in [3.05, 3.63) is 0 Å². The molecule has 2 amide bonds. The fourth-order valence-corrected chi connectivity index (χ4v) is 2.35. The van der Waals surface area contributed by atoms with E-state index in [9.17, 15) is 9.59 Å². The summed E-state index contributed by atoms with van der Waals surface area (Å²) in [4.78, 5) is 24.9. The number of carbonyl (C=O) groups excluding carboxylic acids is 2. The Morgan fingerprint density at radius 3 is 2.75 bits per heavy atom. The van der Waals surface area contributed by atoms with Crippen LogP contribution in [-0.4, -0.2) is 55.0 Å². The predicted octanol–water partition coefficient (Wildman–Crippen LogP) is -1.98. The molecule has 6 heteroatoms. The molecule has 0 aromatic carbocycles. The lowest BCUT2D eigenvalue weighted by molar-refractivity contribution is -0.139. The van der Waals surface area contributed by atoms with Gasteiger partial charge in [0.1, 0.15) is 6.04 Å². The van der Waals surface area contributed by atoms with Crippen LogP contribution in [0.15, 0.2) is 0 Å². The van der Waals surface area contributed by atoms with E-state index in [1.54, 1.807) is 4.90 Å². The first-order chi connectivity index (χ1) is 7.70. The first-order valence-electron chi connectivity index (χ1n) is 5.74. The molecule has 2 unspecified atom stereocenters. The molecule has 2 atom stereocenters. The van der Waals surface area contributed by atoms with Crippen molar-refractivity contribution in [1.82, 2.24) is 15.5 Å². The van der Waals surface area contributed by atoms with E-state index in [2.05, 4.69) is 10.6 Å². The largest absolute Gasteiger partial charge is 0.368 e. The minimum Gasteiger partial charge on any atom is -0.368 e. The number of nitrogens with two attached hydrogens (primary N) is 1. The summed E-state index contributed by atoms with van der Waals surface area (Å²) >= 11 is 0. The quantitative estimate of drug-likeness (QED) is 0.509. The van der Waals surface area contributed by atoms with Gasteiger partial charge in [0.2, 0.25) is 11.8 Å². The second-order valence-corrected chi connectivity index (χ2v) is 4.30. The normalized spacial score (nSPS) is 30.4. The number of nitrogens with one attached hydrogen (secondary N) is 2. The highest BCUT2D eigenvalue weighted by molar-refractivity contribution is 5.89. The van der Waals surface area contributed by atoms with Crippen molar-refractivity contribution >= 4 is 11.8 Å². The van der Waals surface area contributed by atoms with Gasteiger partial charge in [0, 0.05) is 26.2 Å². The average molecular weight is 226 g/mol. The van der Waals surface area contributed by atoms with Crippen molar-refractivity contribution in [1.29, 1.82) is 0 Å². The summed E-state index contributed by atoms with van der Waals surface area (Å²) < 4.78 is 0. The number of amides is 2. The Morgan fingerprint density at radius 2 is 2.12 bits per heavy atom. The minimum absolute atomic E-state index is 0.00602. The highest BCUT2D eigenvalue weighted by Crippen LogP contribution is 2.18. The summed E-state index contributed by atoms with van der Waals surface area (Å²) in [6.45, 7) is 2.93. The lowest BCUT2D eigenvalue weighted by atomic mass is 10.1. The molecular formula is C10H18N4O2. The standard InChI is InChI=1S/C10H18N4O2/c11-9(15)8-2-1-5-14(8)10(16)7-6-12-3-4-13-7/h7-8,12-13H,1-6H2,(H2,11,15). The Kier molecular flexibility index (Phi) is 3.40. The maximum atomic E-state index is 12.1. The number of likely N-dealkylation sites (tertiary alicyclic amines) is 1. The van der Waals surface area contributed by atoms with E-state index in [0.29, 0.717) is 19.5 Å². The van der Waals surface area contributed by atoms with Crippen molar-refractivity contribution in [3.63, 3.8) is 0 Å². The number of primary amides is 1. The van der Waals surface area contributed by atoms with Crippen molar-refractivity contribution in [3.8, 4) is 0 Å². The zero-order chi connectivity index (χ0) is 11.5. The van der Waals surface area contributed by atoms with Crippen LogP contribution in [0.25, 0.3) is 0 Å². The molecule has 2 heterocycles. The number of hydrogen-bond acceptors (Lipinski definition) is 4. The molecule has 2 aliphatic heterocycles. The Hall–Kier alpha value is -1.14. The maximum absolute atomic E-state index is 12.1. The van der Waals surface area contributed by atoms with Crippen LogP contribution in [0.5, 0.6) is 0 Å². The molecule has 6 nitrogen and oxygen atoms in total. The van der Waals surface area contributed by atoms with Gasteiger partial charge >= 0.3 is 0 Å². The lowest BCUT2D eigenvalue weighted by Gasteiger charge is -2.30. The van der Waals surface area contributed by atoms with Crippen LogP contribution in [-0.2, 0) is 9.59 Å². The van der Waals surface area contributed by atoms with Gasteiger partial charge in [-0.25, -0.2) is 0 Å². The van der Waals surface area contributed by atoms with Gasteiger partial charge in [0.15, 0.2) is 0 Å². The van der Waals surface area contributed by atoms with Gasteiger partial charge in [0.05, 0.1) is 6.04 Å². The summed E-state index contributed by atoms with van der Waals surface area (Å²) in [5, 5.41) is 6.31. The molecule has 0 aliphatic carbocycles. The number of piperazine rings is 1. The molecule has 2 fully saturated rings. The molecule has 2 saturated heterocycles. The van der Waals surface area contributed by atoms with Crippen LogP contribution in [0.4, 0.5) is 0 Å². The second-order valence-electron chi connectivity index (χ2n) is 4.30. The van der Waals surface area contributed by atoms with E-state index < -0.39 is 11.9 Å². The minimum atomic E-state index is -0.406. The number of carbonyl (C=O) groups is 2. The topological polar surface area (TPSA) is 87.5 Å². The third-order valence-electron chi connectivity index (χ3n) is 3.20. The van der Waals surface area contributed by atoms with E-state index >= 15 is 0 Å². The van der Waals surface area contributed by atoms with Gasteiger partial charge in [-0.1, -0.05) is 0 Å². The van der Waals surface area contributed by atoms with Gasteiger partial charge in [0.25, 0.3) is 0 Å². The summed E-state index contributed by atoms with van der Waals surface area (Å²) in [6.07, 6.45) is 1.56. The highest BCUT2D eigenvalue weighted by atomic mass is 16.2. The van der Waals surface area contributed by atoms with Crippen LogP contribution >= 0.6 is 0 Å². The zero-order valence-electron chi connectivity index (χ0n) is 9.24. The van der Waals surface area contributed by atoms with Crippen LogP contribution < -0.4 is 16.4 Å². The van der Waals surface area contributed by atoms with Crippen molar-refractivity contribution in [2.75, 3.05) is 26.2 Å². The van der Waals surface area contributed by atoms with E-state index in [0.717, 1.165) is 19.5 Å².